The molecule has 1 aliphatic rings. The summed E-state index contributed by atoms with van der Waals surface area (Å²) in [5.74, 6) is 0.0608. The molecule has 0 bridgehead atoms. The first-order valence-corrected chi connectivity index (χ1v) is 7.25. The molecule has 1 rings (SSSR count). The molecule has 92 valence electrons. The van der Waals surface area contributed by atoms with Crippen molar-refractivity contribution in [2.75, 3.05) is 18.9 Å². The lowest BCUT2D eigenvalue weighted by Gasteiger charge is -2.10. The molecule has 1 unspecified atom stereocenters. The molecule has 0 radical (unpaired) electrons. The molecule has 1 saturated heterocycles. The Morgan fingerprint density at radius 3 is 2.88 bits per heavy atom. The Bertz CT molecular complexity index is 328. The van der Waals surface area contributed by atoms with Crippen molar-refractivity contribution < 1.29 is 13.2 Å². The Morgan fingerprint density at radius 1 is 1.44 bits per heavy atom. The van der Waals surface area contributed by atoms with Gasteiger partial charge in [-0.15, -0.1) is 0 Å². The predicted octanol–water partition coefficient (Wildman–Crippen LogP) is 0.779. The first-order chi connectivity index (χ1) is 7.64. The molecule has 0 spiro atoms. The lowest BCUT2D eigenvalue weighted by atomic mass is 10.2. The molecule has 1 aliphatic heterocycles. The number of ether oxygens (including phenoxy) is 1. The summed E-state index contributed by atoms with van der Waals surface area (Å²) in [7, 11) is -3.21. The Morgan fingerprint density at radius 2 is 2.25 bits per heavy atom. The zero-order valence-corrected chi connectivity index (χ0v) is 10.1. The average molecular weight is 246 g/mol. The number of hydrogen-bond acceptors (Lipinski definition) is 4. The number of nitrogens with zero attached hydrogens (tertiary/aromatic N) is 1. The van der Waals surface area contributed by atoms with Gasteiger partial charge in [-0.25, -0.2) is 13.1 Å². The zero-order valence-electron chi connectivity index (χ0n) is 9.31. The maximum absolute atomic E-state index is 11.6. The highest BCUT2D eigenvalue weighted by Crippen LogP contribution is 2.13. The normalized spacial score (nSPS) is 20.8. The largest absolute Gasteiger partial charge is 0.377 e. The first kappa shape index (κ1) is 13.4. The van der Waals surface area contributed by atoms with Crippen LogP contribution in [0.5, 0.6) is 0 Å². The fourth-order valence-corrected chi connectivity index (χ4v) is 2.96. The molecular weight excluding hydrogens is 228 g/mol. The summed E-state index contributed by atoms with van der Waals surface area (Å²) < 4.78 is 30.9. The summed E-state index contributed by atoms with van der Waals surface area (Å²) in [6.07, 6.45) is 3.55. The number of rotatable bonds is 7. The van der Waals surface area contributed by atoms with E-state index in [9.17, 15) is 8.42 Å². The SMILES string of the molecule is N#CCCCCNS(=O)(=O)CC1CCCO1. The van der Waals surface area contributed by atoms with E-state index in [0.29, 0.717) is 26.0 Å². The van der Waals surface area contributed by atoms with Crippen molar-refractivity contribution in [1.29, 1.82) is 5.26 Å². The summed E-state index contributed by atoms with van der Waals surface area (Å²) in [5.41, 5.74) is 0. The second-order valence-electron chi connectivity index (χ2n) is 3.93. The van der Waals surface area contributed by atoms with Crippen LogP contribution in [0.1, 0.15) is 32.1 Å². The summed E-state index contributed by atoms with van der Waals surface area (Å²) >= 11 is 0. The van der Waals surface area contributed by atoms with Gasteiger partial charge < -0.3 is 4.74 Å². The highest BCUT2D eigenvalue weighted by Gasteiger charge is 2.22. The Balaban J connectivity index is 2.16. The monoisotopic (exact) mass is 246 g/mol. The van der Waals surface area contributed by atoms with E-state index in [1.54, 1.807) is 0 Å². The fraction of sp³-hybridized carbons (Fsp3) is 0.900. The second-order valence-corrected chi connectivity index (χ2v) is 5.78. The van der Waals surface area contributed by atoms with Gasteiger partial charge in [-0.05, 0) is 25.7 Å². The molecule has 0 aliphatic carbocycles. The molecule has 1 fully saturated rings. The van der Waals surface area contributed by atoms with Gasteiger partial charge in [0.1, 0.15) is 0 Å². The van der Waals surface area contributed by atoms with Crippen LogP contribution < -0.4 is 4.72 Å². The van der Waals surface area contributed by atoms with Crippen LogP contribution in [0.2, 0.25) is 0 Å². The van der Waals surface area contributed by atoms with Gasteiger partial charge in [-0.3, -0.25) is 0 Å². The molecule has 0 aromatic heterocycles. The molecule has 0 saturated carbocycles. The number of hydrogen-bond donors (Lipinski definition) is 1. The molecule has 16 heavy (non-hydrogen) atoms. The predicted molar refractivity (Wildman–Crippen MR) is 60.2 cm³/mol. The minimum absolute atomic E-state index is 0.0608. The zero-order chi connectivity index (χ0) is 11.9. The molecular formula is C10H18N2O3S. The van der Waals surface area contributed by atoms with Gasteiger partial charge in [0.2, 0.25) is 10.0 Å². The van der Waals surface area contributed by atoms with Gasteiger partial charge in [0, 0.05) is 19.6 Å². The van der Waals surface area contributed by atoms with Crippen LogP contribution in [-0.2, 0) is 14.8 Å². The summed E-state index contributed by atoms with van der Waals surface area (Å²) in [4.78, 5) is 0. The lowest BCUT2D eigenvalue weighted by molar-refractivity contribution is 0.127. The molecule has 0 aromatic carbocycles. The van der Waals surface area contributed by atoms with E-state index < -0.39 is 10.0 Å². The molecule has 5 nitrogen and oxygen atoms in total. The van der Waals surface area contributed by atoms with Gasteiger partial charge in [0.05, 0.1) is 17.9 Å². The first-order valence-electron chi connectivity index (χ1n) is 5.60. The fourth-order valence-electron chi connectivity index (χ4n) is 1.64. The van der Waals surface area contributed by atoms with Crippen LogP contribution in [0.3, 0.4) is 0 Å². The van der Waals surface area contributed by atoms with E-state index in [0.717, 1.165) is 19.3 Å². The number of nitrogens with one attached hydrogen (secondary N) is 1. The van der Waals surface area contributed by atoms with Crippen LogP contribution in [0.15, 0.2) is 0 Å². The molecule has 1 heterocycles. The van der Waals surface area contributed by atoms with E-state index >= 15 is 0 Å². The van der Waals surface area contributed by atoms with Crippen molar-refractivity contribution in [2.24, 2.45) is 0 Å². The number of sulfonamides is 1. The van der Waals surface area contributed by atoms with E-state index in [-0.39, 0.29) is 11.9 Å². The smallest absolute Gasteiger partial charge is 0.214 e. The van der Waals surface area contributed by atoms with Gasteiger partial charge in [0.25, 0.3) is 0 Å². The molecule has 6 heteroatoms. The van der Waals surface area contributed by atoms with E-state index in [1.165, 1.54) is 0 Å². The molecule has 0 amide bonds. The van der Waals surface area contributed by atoms with Crippen molar-refractivity contribution in [1.82, 2.24) is 4.72 Å². The van der Waals surface area contributed by atoms with E-state index in [4.69, 9.17) is 10.00 Å². The highest BCUT2D eigenvalue weighted by atomic mass is 32.2. The summed E-state index contributed by atoms with van der Waals surface area (Å²) in [6.45, 7) is 1.08. The highest BCUT2D eigenvalue weighted by molar-refractivity contribution is 7.89. The molecule has 1 N–H and O–H groups in total. The number of unbranched alkanes of at least 4 members (excludes halogenated alkanes) is 2. The van der Waals surface area contributed by atoms with Crippen molar-refractivity contribution in [2.45, 2.75) is 38.2 Å². The van der Waals surface area contributed by atoms with Gasteiger partial charge in [0.15, 0.2) is 0 Å². The second kappa shape index (κ2) is 6.84. The van der Waals surface area contributed by atoms with Crippen LogP contribution in [-0.4, -0.2) is 33.4 Å². The van der Waals surface area contributed by atoms with E-state index in [1.807, 2.05) is 6.07 Å². The van der Waals surface area contributed by atoms with Crippen molar-refractivity contribution in [3.63, 3.8) is 0 Å². The average Bonchev–Trinajstić information content (AvgIpc) is 2.69. The van der Waals surface area contributed by atoms with Crippen LogP contribution in [0, 0.1) is 11.3 Å². The Labute approximate surface area is 96.8 Å². The standard InChI is InChI=1S/C10H18N2O3S/c11-6-2-1-3-7-12-16(13,14)9-10-5-4-8-15-10/h10,12H,1-5,7-9H2. The molecule has 0 aromatic rings. The van der Waals surface area contributed by atoms with Gasteiger partial charge in [-0.2, -0.15) is 5.26 Å². The van der Waals surface area contributed by atoms with Crippen LogP contribution in [0.4, 0.5) is 0 Å². The van der Waals surface area contributed by atoms with Crippen molar-refractivity contribution >= 4 is 10.0 Å². The lowest BCUT2D eigenvalue weighted by Crippen LogP contribution is -2.32. The van der Waals surface area contributed by atoms with Crippen LogP contribution >= 0.6 is 0 Å². The van der Waals surface area contributed by atoms with E-state index in [2.05, 4.69) is 4.72 Å². The van der Waals surface area contributed by atoms with Crippen LogP contribution in [0.25, 0.3) is 0 Å². The Hall–Kier alpha value is -0.640. The van der Waals surface area contributed by atoms with Gasteiger partial charge in [-0.1, -0.05) is 0 Å². The third kappa shape index (κ3) is 5.45. The minimum atomic E-state index is -3.21. The quantitative estimate of drug-likeness (QED) is 0.673. The summed E-state index contributed by atoms with van der Waals surface area (Å²) in [5, 5.41) is 8.31. The maximum atomic E-state index is 11.6. The van der Waals surface area contributed by atoms with Crippen molar-refractivity contribution in [3.8, 4) is 6.07 Å². The topological polar surface area (TPSA) is 79.2 Å². The third-order valence-corrected chi connectivity index (χ3v) is 3.92. The molecule has 1 atom stereocenters. The summed E-state index contributed by atoms with van der Waals surface area (Å²) in [6, 6.07) is 2.03. The third-order valence-electron chi connectivity index (χ3n) is 2.47. The minimum Gasteiger partial charge on any atom is -0.377 e. The van der Waals surface area contributed by atoms with Gasteiger partial charge >= 0.3 is 0 Å². The Kier molecular flexibility index (Phi) is 5.74. The van der Waals surface area contributed by atoms with Crippen molar-refractivity contribution in [3.05, 3.63) is 0 Å². The number of nitriles is 1. The maximum Gasteiger partial charge on any atom is 0.214 e.